The van der Waals surface area contributed by atoms with E-state index in [0.717, 1.165) is 0 Å². The van der Waals surface area contributed by atoms with E-state index in [1.54, 1.807) is 0 Å². The van der Waals surface area contributed by atoms with Crippen LogP contribution in [0.1, 0.15) is 6.92 Å². The molecule has 0 amide bonds. The van der Waals surface area contributed by atoms with Gasteiger partial charge in [0.15, 0.2) is 5.90 Å². The Balaban J connectivity index is 1.89. The minimum Gasteiger partial charge on any atom is -0.388 e. The van der Waals surface area contributed by atoms with E-state index in [9.17, 15) is 58.3 Å². The maximum absolute atomic E-state index is 12.1. The van der Waals surface area contributed by atoms with Crippen LogP contribution < -0.4 is 0 Å². The van der Waals surface area contributed by atoms with Crippen molar-refractivity contribution in [2.45, 2.75) is 55.7 Å². The molecule has 0 saturated carbocycles. The second kappa shape index (κ2) is 11.7. The lowest BCUT2D eigenvalue weighted by molar-refractivity contribution is -0.0165. The second-order valence-corrected chi connectivity index (χ2v) is 15.0. The number of rotatable bonds is 12. The number of aliphatic hydroxyl groups excluding tert-OH is 4. The molecule has 12 atom stereocenters. The Bertz CT molecular complexity index is 861. The van der Waals surface area contributed by atoms with E-state index in [-0.39, 0.29) is 0 Å². The molecule has 2 saturated heterocycles. The average molecular weight is 592 g/mol. The maximum atomic E-state index is 12.1. The number of ether oxygens (including phenoxy) is 2. The first-order valence-electron chi connectivity index (χ1n) is 9.54. The third-order valence-corrected chi connectivity index (χ3v) is 12.1. The molecule has 0 aromatic rings. The topological polar surface area (TPSA) is 285 Å². The first-order chi connectivity index (χ1) is 15.7. The van der Waals surface area contributed by atoms with Crippen molar-refractivity contribution in [3.63, 3.8) is 0 Å². The maximum Gasteiger partial charge on any atom is 0.479 e. The summed E-state index contributed by atoms with van der Waals surface area (Å²) in [5, 5.41) is 38.4. The van der Waals surface area contributed by atoms with Crippen LogP contribution in [0.5, 0.6) is 0 Å². The lowest BCUT2D eigenvalue weighted by Crippen LogP contribution is -2.34. The highest BCUT2D eigenvalue weighted by molar-refractivity contribution is 7.76. The van der Waals surface area contributed by atoms with Crippen LogP contribution in [0, 0.1) is 0 Å². The second-order valence-electron chi connectivity index (χ2n) is 7.59. The molecular formula is C12H25BO18P4. The van der Waals surface area contributed by atoms with Crippen LogP contribution in [0.3, 0.4) is 0 Å². The number of phosphoric ester groups is 2. The Labute approximate surface area is 199 Å². The number of hydrogen-bond donors (Lipinski definition) is 8. The molecule has 2 heterocycles. The smallest absolute Gasteiger partial charge is 0.388 e. The summed E-state index contributed by atoms with van der Waals surface area (Å²) < 4.78 is 74.6. The molecule has 0 spiro atoms. The molecule has 204 valence electrons. The van der Waals surface area contributed by atoms with E-state index in [1.807, 2.05) is 0 Å². The molecule has 7 unspecified atom stereocenters. The molecule has 2 rings (SSSR count). The molecule has 8 N–H and O–H groups in total. The van der Waals surface area contributed by atoms with E-state index in [1.165, 1.54) is 6.92 Å². The zero-order valence-corrected chi connectivity index (χ0v) is 21.3. The van der Waals surface area contributed by atoms with Gasteiger partial charge < -0.3 is 49.5 Å². The highest BCUT2D eigenvalue weighted by atomic mass is 31.3. The van der Waals surface area contributed by atoms with Gasteiger partial charge in [0.25, 0.3) is 0 Å². The molecule has 0 bridgehead atoms. The monoisotopic (exact) mass is 592 g/mol. The van der Waals surface area contributed by atoms with Crippen molar-refractivity contribution < 1.29 is 85.4 Å². The van der Waals surface area contributed by atoms with Gasteiger partial charge >= 0.3 is 30.8 Å². The van der Waals surface area contributed by atoms with Gasteiger partial charge in [0.1, 0.15) is 38.4 Å². The number of hydrogen-bond acceptors (Lipinski definition) is 14. The molecule has 2 aliphatic heterocycles. The van der Waals surface area contributed by atoms with Crippen LogP contribution in [0.4, 0.5) is 0 Å². The van der Waals surface area contributed by atoms with E-state index >= 15 is 0 Å². The molecule has 2 radical (unpaired) electrons. The predicted molar refractivity (Wildman–Crippen MR) is 111 cm³/mol. The Morgan fingerprint density at radius 2 is 1.11 bits per heavy atom. The van der Waals surface area contributed by atoms with Crippen molar-refractivity contribution in [2.75, 3.05) is 19.1 Å². The van der Waals surface area contributed by atoms with Gasteiger partial charge in [0.2, 0.25) is 0 Å². The third-order valence-electron chi connectivity index (χ3n) is 4.62. The molecule has 2 fully saturated rings. The van der Waals surface area contributed by atoms with E-state index in [4.69, 9.17) is 17.3 Å². The van der Waals surface area contributed by atoms with E-state index < -0.39 is 98.7 Å². The summed E-state index contributed by atoms with van der Waals surface area (Å²) in [5.41, 5.74) is 0. The van der Waals surface area contributed by atoms with Crippen LogP contribution in [0.15, 0.2) is 0 Å². The summed E-state index contributed by atoms with van der Waals surface area (Å²) in [4.78, 5) is 38.5. The van der Waals surface area contributed by atoms with Crippen LogP contribution in [0.2, 0.25) is 0 Å². The highest BCUT2D eigenvalue weighted by Crippen LogP contribution is 2.70. The van der Waals surface area contributed by atoms with Crippen molar-refractivity contribution >= 4 is 38.7 Å². The normalized spacial score (nSPS) is 40.5. The molecule has 0 aromatic carbocycles. The molecule has 0 aromatic heterocycles. The van der Waals surface area contributed by atoms with Crippen molar-refractivity contribution in [1.29, 1.82) is 0 Å². The van der Waals surface area contributed by atoms with Crippen molar-refractivity contribution in [2.24, 2.45) is 0 Å². The summed E-state index contributed by atoms with van der Waals surface area (Å²) in [6, 6.07) is -1.35. The van der Waals surface area contributed by atoms with Crippen molar-refractivity contribution in [1.82, 2.24) is 0 Å². The minimum absolute atomic E-state index is 0.861. The van der Waals surface area contributed by atoms with E-state index in [0.29, 0.717) is 0 Å². The molecule has 0 aliphatic carbocycles. The predicted octanol–water partition coefficient (Wildman–Crippen LogP) is -2.29. The SMILES string of the molecule is [B][C@@H]1O[C@H](COP(=O)(O)OP(=O)(O)CP(=O)(O)OP(=O)(O)OC[C@H]2O[C@@H](C)[C@@H](O)C2O)C(O)C1O. The highest BCUT2D eigenvalue weighted by Gasteiger charge is 2.47. The zero-order valence-electron chi connectivity index (χ0n) is 17.8. The zero-order chi connectivity index (χ0) is 27.0. The van der Waals surface area contributed by atoms with Gasteiger partial charge in [-0.2, -0.15) is 0 Å². The van der Waals surface area contributed by atoms with Gasteiger partial charge in [-0.25, -0.2) is 17.8 Å². The van der Waals surface area contributed by atoms with Gasteiger partial charge in [0.05, 0.1) is 25.4 Å². The van der Waals surface area contributed by atoms with Gasteiger partial charge in [-0.05, 0) is 6.92 Å². The fourth-order valence-corrected chi connectivity index (χ4v) is 9.75. The summed E-state index contributed by atoms with van der Waals surface area (Å²) in [6.45, 7) is -0.472. The van der Waals surface area contributed by atoms with Gasteiger partial charge in [-0.3, -0.25) is 18.2 Å². The molecule has 18 nitrogen and oxygen atoms in total. The molecule has 23 heteroatoms. The van der Waals surface area contributed by atoms with Crippen molar-refractivity contribution in [3.8, 4) is 0 Å². The van der Waals surface area contributed by atoms with E-state index in [2.05, 4.69) is 17.7 Å². The van der Waals surface area contributed by atoms with Crippen LogP contribution >= 0.6 is 30.8 Å². The Hall–Kier alpha value is 0.425. The summed E-state index contributed by atoms with van der Waals surface area (Å²) >= 11 is 0. The Morgan fingerprint density at radius 3 is 1.46 bits per heavy atom. The quantitative estimate of drug-likeness (QED) is 0.0874. The Morgan fingerprint density at radius 1 is 0.714 bits per heavy atom. The fourth-order valence-electron chi connectivity index (χ4n) is 2.97. The van der Waals surface area contributed by atoms with Gasteiger partial charge in [-0.1, -0.05) is 0 Å². The number of phosphoric acid groups is 2. The molecule has 2 aliphatic rings. The van der Waals surface area contributed by atoms with Crippen LogP contribution in [0.25, 0.3) is 0 Å². The Kier molecular flexibility index (Phi) is 10.5. The van der Waals surface area contributed by atoms with Crippen molar-refractivity contribution in [3.05, 3.63) is 0 Å². The van der Waals surface area contributed by atoms with Crippen LogP contribution in [-0.4, -0.2) is 116 Å². The standard InChI is InChI=1S/C12H25BO18P4/c1-5-8(14)9(15)6(28-5)2-26-34(22,23)30-32(18,19)4-33(20,21)31-35(24,25)27-3-7-10(16)11(17)12(13)29-7/h5-12,14-17H,2-4H2,1H3,(H,18,19)(H,20,21)(H,22,23)(H,24,25)/t5-,6+,7+,8+,9?,10?,11?,12+/m0/s1. The lowest BCUT2D eigenvalue weighted by Gasteiger charge is -2.22. The third kappa shape index (κ3) is 9.29. The minimum atomic E-state index is -5.53. The first-order valence-corrected chi connectivity index (χ1v) is 16.1. The number of aliphatic hydroxyl groups is 4. The summed E-state index contributed by atoms with van der Waals surface area (Å²) in [6.07, 6.45) is -9.67. The molecule has 35 heavy (non-hydrogen) atoms. The first kappa shape index (κ1) is 31.6. The van der Waals surface area contributed by atoms with Gasteiger partial charge in [-0.15, -0.1) is 0 Å². The fraction of sp³-hybridized carbons (Fsp3) is 1.00. The summed E-state index contributed by atoms with van der Waals surface area (Å²) in [5.74, 6) is -1.97. The average Bonchev–Trinajstić information content (AvgIpc) is 3.06. The van der Waals surface area contributed by atoms with Gasteiger partial charge in [0, 0.05) is 6.00 Å². The van der Waals surface area contributed by atoms with Crippen LogP contribution in [-0.2, 0) is 45.4 Å². The largest absolute Gasteiger partial charge is 0.479 e. The molecular weight excluding hydrogens is 567 g/mol. The lowest BCUT2D eigenvalue weighted by atomic mass is 9.93. The summed E-state index contributed by atoms with van der Waals surface area (Å²) in [7, 11) is -16.6.